The summed E-state index contributed by atoms with van der Waals surface area (Å²) in [5.74, 6) is -1.24. The summed E-state index contributed by atoms with van der Waals surface area (Å²) in [5, 5.41) is 3.42. The maximum atomic E-state index is 13.3. The van der Waals surface area contributed by atoms with Gasteiger partial charge in [0.15, 0.2) is 0 Å². The Morgan fingerprint density at radius 2 is 1.88 bits per heavy atom. The van der Waals surface area contributed by atoms with Crippen LogP contribution in [0.4, 0.5) is 18.9 Å². The highest BCUT2D eigenvalue weighted by molar-refractivity contribution is 7.94. The number of para-hydroxylation sites is 1. The molecule has 3 aromatic rings. The lowest BCUT2D eigenvalue weighted by atomic mass is 10.1. The van der Waals surface area contributed by atoms with Crippen LogP contribution in [-0.4, -0.2) is 51.8 Å². The molecule has 0 aliphatic carbocycles. The number of aromatic nitrogens is 1. The van der Waals surface area contributed by atoms with Gasteiger partial charge >= 0.3 is 6.18 Å². The van der Waals surface area contributed by atoms with Crippen molar-refractivity contribution < 1.29 is 30.8 Å². The van der Waals surface area contributed by atoms with Crippen molar-refractivity contribution in [3.8, 4) is 10.6 Å². The van der Waals surface area contributed by atoms with E-state index in [0.29, 0.717) is 25.4 Å². The summed E-state index contributed by atoms with van der Waals surface area (Å²) < 4.78 is 75.7. The second kappa shape index (κ2) is 8.85. The summed E-state index contributed by atoms with van der Waals surface area (Å²) in [6.45, 7) is 3.36. The molecular weight excluding hydrogens is 467 g/mol. The largest absolute Gasteiger partial charge is 0.452 e. The Hall–Kier alpha value is -2.41. The van der Waals surface area contributed by atoms with E-state index >= 15 is 0 Å². The summed E-state index contributed by atoms with van der Waals surface area (Å²) in [4.78, 5) is 2.45. The van der Waals surface area contributed by atoms with Crippen molar-refractivity contribution in [2.75, 3.05) is 37.7 Å². The van der Waals surface area contributed by atoms with Crippen LogP contribution >= 0.6 is 11.3 Å². The summed E-state index contributed by atoms with van der Waals surface area (Å²) in [5.41, 5.74) is 1.32. The lowest BCUT2D eigenvalue weighted by Crippen LogP contribution is -2.36. The van der Waals surface area contributed by atoms with Crippen LogP contribution in [0.15, 0.2) is 51.2 Å². The number of alkyl halides is 3. The first-order valence-electron chi connectivity index (χ1n) is 9.67. The van der Waals surface area contributed by atoms with E-state index in [-0.39, 0.29) is 14.8 Å². The van der Waals surface area contributed by atoms with Gasteiger partial charge in [0, 0.05) is 32.7 Å². The van der Waals surface area contributed by atoms with E-state index in [1.807, 2.05) is 12.1 Å². The fourth-order valence-electron chi connectivity index (χ4n) is 3.34. The third-order valence-electron chi connectivity index (χ3n) is 5.07. The van der Waals surface area contributed by atoms with Gasteiger partial charge in [0.1, 0.15) is 9.90 Å². The minimum Gasteiger partial charge on any atom is -0.379 e. The lowest BCUT2D eigenvalue weighted by Gasteiger charge is -2.29. The molecule has 12 heteroatoms. The van der Waals surface area contributed by atoms with E-state index in [2.05, 4.69) is 14.6 Å². The van der Waals surface area contributed by atoms with E-state index in [1.165, 1.54) is 23.5 Å². The Morgan fingerprint density at radius 3 is 2.56 bits per heavy atom. The SMILES string of the molecule is CN(c1ccccc1CN1CCOCC1)S(=O)(=O)c1ccc(-c2cc(C(F)(F)F)on2)s1. The van der Waals surface area contributed by atoms with Crippen LogP contribution in [0.1, 0.15) is 11.3 Å². The number of morpholine rings is 1. The molecule has 2 aromatic heterocycles. The Morgan fingerprint density at radius 1 is 1.16 bits per heavy atom. The maximum absolute atomic E-state index is 13.3. The highest BCUT2D eigenvalue weighted by Crippen LogP contribution is 2.37. The maximum Gasteiger partial charge on any atom is 0.452 e. The van der Waals surface area contributed by atoms with Crippen LogP contribution in [0, 0.1) is 0 Å². The monoisotopic (exact) mass is 487 g/mol. The zero-order valence-corrected chi connectivity index (χ0v) is 18.6. The Bertz CT molecular complexity index is 1180. The topological polar surface area (TPSA) is 75.9 Å². The molecule has 0 unspecified atom stereocenters. The molecule has 0 atom stereocenters. The van der Waals surface area contributed by atoms with Gasteiger partial charge in [-0.05, 0) is 23.8 Å². The standard InChI is InChI=1S/C20H20F3N3O4S2/c1-25(16-5-3-2-4-14(16)13-26-8-10-29-11-9-26)32(27,28)19-7-6-17(31-19)15-12-18(30-24-15)20(21,22)23/h2-7,12H,8-11,13H2,1H3. The number of hydrogen-bond acceptors (Lipinski definition) is 7. The number of rotatable bonds is 6. The summed E-state index contributed by atoms with van der Waals surface area (Å²) in [6, 6.07) is 10.8. The van der Waals surface area contributed by atoms with Crippen LogP contribution in [-0.2, 0) is 27.5 Å². The molecule has 32 heavy (non-hydrogen) atoms. The van der Waals surface area contributed by atoms with Crippen molar-refractivity contribution >= 4 is 27.0 Å². The highest BCUT2D eigenvalue weighted by Gasteiger charge is 2.36. The van der Waals surface area contributed by atoms with Gasteiger partial charge in [-0.1, -0.05) is 23.4 Å². The number of benzene rings is 1. The molecule has 7 nitrogen and oxygen atoms in total. The van der Waals surface area contributed by atoms with Gasteiger partial charge in [-0.2, -0.15) is 13.2 Å². The first kappa shape index (κ1) is 22.8. The van der Waals surface area contributed by atoms with E-state index in [1.54, 1.807) is 12.1 Å². The van der Waals surface area contributed by atoms with Crippen molar-refractivity contribution in [1.29, 1.82) is 0 Å². The normalized spacial score (nSPS) is 15.8. The molecule has 0 spiro atoms. The molecule has 4 rings (SSSR count). The zero-order valence-electron chi connectivity index (χ0n) is 17.0. The van der Waals surface area contributed by atoms with Crippen molar-refractivity contribution in [1.82, 2.24) is 10.1 Å². The molecular formula is C20H20F3N3O4S2. The van der Waals surface area contributed by atoms with Gasteiger partial charge < -0.3 is 9.26 Å². The smallest absolute Gasteiger partial charge is 0.379 e. The average molecular weight is 488 g/mol. The number of halogens is 3. The molecule has 0 radical (unpaired) electrons. The number of nitrogens with zero attached hydrogens (tertiary/aromatic N) is 3. The Balaban J connectivity index is 1.59. The molecule has 172 valence electrons. The molecule has 1 fully saturated rings. The van der Waals surface area contributed by atoms with Gasteiger partial charge in [0.25, 0.3) is 10.0 Å². The number of anilines is 1. The molecule has 0 bridgehead atoms. The predicted molar refractivity (Wildman–Crippen MR) is 113 cm³/mol. The van der Waals surface area contributed by atoms with Crippen LogP contribution in [0.5, 0.6) is 0 Å². The number of sulfonamides is 1. The van der Waals surface area contributed by atoms with E-state index in [9.17, 15) is 21.6 Å². The van der Waals surface area contributed by atoms with Gasteiger partial charge in [-0.15, -0.1) is 11.3 Å². The van der Waals surface area contributed by atoms with Crippen molar-refractivity contribution in [3.05, 3.63) is 53.8 Å². The van der Waals surface area contributed by atoms with E-state index in [4.69, 9.17) is 4.74 Å². The molecule has 0 amide bonds. The number of thiophene rings is 1. The molecule has 1 aliphatic heterocycles. The van der Waals surface area contributed by atoms with E-state index < -0.39 is 22.0 Å². The summed E-state index contributed by atoms with van der Waals surface area (Å²) in [6.07, 6.45) is -4.66. The zero-order chi connectivity index (χ0) is 22.9. The quantitative estimate of drug-likeness (QED) is 0.522. The fourth-order valence-corrected chi connectivity index (χ4v) is 6.00. The first-order chi connectivity index (χ1) is 15.2. The lowest BCUT2D eigenvalue weighted by molar-refractivity contribution is -0.155. The van der Waals surface area contributed by atoms with Crippen LogP contribution < -0.4 is 4.31 Å². The van der Waals surface area contributed by atoms with Gasteiger partial charge in [-0.3, -0.25) is 9.21 Å². The van der Waals surface area contributed by atoms with Gasteiger partial charge in [0.2, 0.25) is 5.76 Å². The van der Waals surface area contributed by atoms with E-state index in [0.717, 1.165) is 36.1 Å². The third-order valence-corrected chi connectivity index (χ3v) is 8.41. The van der Waals surface area contributed by atoms with Crippen molar-refractivity contribution in [2.24, 2.45) is 0 Å². The molecule has 1 aromatic carbocycles. The summed E-state index contributed by atoms with van der Waals surface area (Å²) in [7, 11) is -2.47. The van der Waals surface area contributed by atoms with Crippen molar-refractivity contribution in [2.45, 2.75) is 16.9 Å². The number of ether oxygens (including phenoxy) is 1. The second-order valence-corrected chi connectivity index (χ2v) is 10.5. The van der Waals surface area contributed by atoms with Crippen LogP contribution in [0.2, 0.25) is 0 Å². The predicted octanol–water partition coefficient (Wildman–Crippen LogP) is 4.08. The van der Waals surface area contributed by atoms with Crippen molar-refractivity contribution in [3.63, 3.8) is 0 Å². The molecule has 0 saturated carbocycles. The fraction of sp³-hybridized carbons (Fsp3) is 0.350. The minimum atomic E-state index is -4.66. The molecule has 0 N–H and O–H groups in total. The van der Waals surface area contributed by atoms with Crippen LogP contribution in [0.3, 0.4) is 0 Å². The number of hydrogen-bond donors (Lipinski definition) is 0. The summed E-state index contributed by atoms with van der Waals surface area (Å²) >= 11 is 0.835. The minimum absolute atomic E-state index is 0.00673. The molecule has 3 heterocycles. The second-order valence-electron chi connectivity index (χ2n) is 7.18. The molecule has 1 saturated heterocycles. The highest BCUT2D eigenvalue weighted by atomic mass is 32.2. The Labute approximate surface area is 187 Å². The van der Waals surface area contributed by atoms with Gasteiger partial charge in [0.05, 0.1) is 23.8 Å². The van der Waals surface area contributed by atoms with Crippen LogP contribution in [0.25, 0.3) is 10.6 Å². The average Bonchev–Trinajstić information content (AvgIpc) is 3.44. The Kier molecular flexibility index (Phi) is 6.30. The molecule has 1 aliphatic rings. The van der Waals surface area contributed by atoms with Gasteiger partial charge in [-0.25, -0.2) is 8.42 Å². The third kappa shape index (κ3) is 4.68. The first-order valence-corrected chi connectivity index (χ1v) is 11.9.